The van der Waals surface area contributed by atoms with Crippen LogP contribution in [0.25, 0.3) is 0 Å². The smallest absolute Gasteiger partial charge is 0.300 e. The number of halogens is 4. The molecule has 102 valence electrons. The average Bonchev–Trinajstić information content (AvgIpc) is 2.74. The molecule has 1 fully saturated rings. The first-order chi connectivity index (χ1) is 8.79. The van der Waals surface area contributed by atoms with E-state index in [2.05, 4.69) is 0 Å². The summed E-state index contributed by atoms with van der Waals surface area (Å²) < 4.78 is 50.7. The van der Waals surface area contributed by atoms with Crippen LogP contribution in [0, 0.1) is 11.7 Å². The summed E-state index contributed by atoms with van der Waals surface area (Å²) in [5.41, 5.74) is -1.66. The lowest BCUT2D eigenvalue weighted by Gasteiger charge is -2.11. The minimum atomic E-state index is -4.84. The van der Waals surface area contributed by atoms with Gasteiger partial charge in [0.1, 0.15) is 11.6 Å². The Morgan fingerprint density at radius 3 is 2.47 bits per heavy atom. The zero-order chi connectivity index (χ0) is 14.2. The molecular formula is C13H10F4O2. The topological polar surface area (TPSA) is 34.1 Å². The molecular weight excluding hydrogens is 264 g/mol. The van der Waals surface area contributed by atoms with Crippen LogP contribution in [0.5, 0.6) is 0 Å². The predicted octanol–water partition coefficient (Wildman–Crippen LogP) is 3.40. The summed E-state index contributed by atoms with van der Waals surface area (Å²) in [6.45, 7) is 0. The highest BCUT2D eigenvalue weighted by molar-refractivity contribution is 6.01. The molecule has 1 unspecified atom stereocenters. The SMILES string of the molecule is O=C1CCC(C(=O)c2ccc(F)c(C(F)(F)F)c2)C1. The first-order valence-corrected chi connectivity index (χ1v) is 5.71. The number of ketones is 2. The molecule has 0 heterocycles. The van der Waals surface area contributed by atoms with Crippen molar-refractivity contribution in [1.82, 2.24) is 0 Å². The summed E-state index contributed by atoms with van der Waals surface area (Å²) in [6, 6.07) is 2.17. The maximum atomic E-state index is 13.1. The number of carbonyl (C=O) groups excluding carboxylic acids is 2. The van der Waals surface area contributed by atoms with Crippen molar-refractivity contribution < 1.29 is 27.2 Å². The van der Waals surface area contributed by atoms with E-state index < -0.39 is 29.3 Å². The van der Waals surface area contributed by atoms with Crippen LogP contribution in [0.3, 0.4) is 0 Å². The number of benzene rings is 1. The number of hydrogen-bond donors (Lipinski definition) is 0. The van der Waals surface area contributed by atoms with Crippen molar-refractivity contribution in [2.45, 2.75) is 25.4 Å². The van der Waals surface area contributed by atoms with Gasteiger partial charge in [-0.2, -0.15) is 13.2 Å². The molecule has 0 spiro atoms. The quantitative estimate of drug-likeness (QED) is 0.612. The van der Waals surface area contributed by atoms with Crippen molar-refractivity contribution in [3.8, 4) is 0 Å². The first kappa shape index (κ1) is 13.7. The summed E-state index contributed by atoms with van der Waals surface area (Å²) in [7, 11) is 0. The Bertz CT molecular complexity index is 534. The van der Waals surface area contributed by atoms with E-state index in [-0.39, 0.29) is 24.2 Å². The highest BCUT2D eigenvalue weighted by Crippen LogP contribution is 2.33. The Morgan fingerprint density at radius 2 is 1.95 bits per heavy atom. The fraction of sp³-hybridized carbons (Fsp3) is 0.385. The van der Waals surface area contributed by atoms with E-state index in [4.69, 9.17) is 0 Å². The Kier molecular flexibility index (Phi) is 3.43. The molecule has 1 aliphatic carbocycles. The highest BCUT2D eigenvalue weighted by Gasteiger charge is 2.36. The molecule has 0 radical (unpaired) electrons. The normalized spacial score (nSPS) is 19.8. The van der Waals surface area contributed by atoms with Crippen LogP contribution in [0.1, 0.15) is 35.2 Å². The second kappa shape index (κ2) is 4.75. The van der Waals surface area contributed by atoms with Gasteiger partial charge in [-0.25, -0.2) is 4.39 Å². The number of carbonyl (C=O) groups is 2. The second-order valence-corrected chi connectivity index (χ2v) is 4.54. The minimum absolute atomic E-state index is 0.0531. The van der Waals surface area contributed by atoms with Gasteiger partial charge < -0.3 is 0 Å². The van der Waals surface area contributed by atoms with Crippen LogP contribution in [0.2, 0.25) is 0 Å². The highest BCUT2D eigenvalue weighted by atomic mass is 19.4. The van der Waals surface area contributed by atoms with Crippen molar-refractivity contribution in [2.75, 3.05) is 0 Å². The zero-order valence-corrected chi connectivity index (χ0v) is 9.76. The maximum absolute atomic E-state index is 13.1. The molecule has 1 aliphatic rings. The summed E-state index contributed by atoms with van der Waals surface area (Å²) in [6.07, 6.45) is -4.18. The Balaban J connectivity index is 2.31. The Hall–Kier alpha value is -1.72. The fourth-order valence-corrected chi connectivity index (χ4v) is 2.17. The maximum Gasteiger partial charge on any atom is 0.419 e. The van der Waals surface area contributed by atoms with Crippen LogP contribution < -0.4 is 0 Å². The molecule has 1 saturated carbocycles. The molecule has 6 heteroatoms. The molecule has 1 aromatic carbocycles. The molecule has 19 heavy (non-hydrogen) atoms. The van der Waals surface area contributed by atoms with E-state index in [0.29, 0.717) is 18.6 Å². The lowest BCUT2D eigenvalue weighted by molar-refractivity contribution is -0.140. The lowest BCUT2D eigenvalue weighted by atomic mass is 9.95. The largest absolute Gasteiger partial charge is 0.419 e. The van der Waals surface area contributed by atoms with Crippen LogP contribution in [-0.4, -0.2) is 11.6 Å². The van der Waals surface area contributed by atoms with Gasteiger partial charge in [0.25, 0.3) is 0 Å². The van der Waals surface area contributed by atoms with E-state index in [0.717, 1.165) is 6.07 Å². The number of rotatable bonds is 2. The third-order valence-corrected chi connectivity index (χ3v) is 3.17. The summed E-state index contributed by atoms with van der Waals surface area (Å²) in [5.74, 6) is -2.60. The number of Topliss-reactive ketones (excluding diaryl/α,β-unsaturated/α-hetero) is 2. The lowest BCUT2D eigenvalue weighted by Crippen LogP contribution is -2.15. The van der Waals surface area contributed by atoms with E-state index in [9.17, 15) is 27.2 Å². The Morgan fingerprint density at radius 1 is 1.26 bits per heavy atom. The fourth-order valence-electron chi connectivity index (χ4n) is 2.17. The van der Waals surface area contributed by atoms with Gasteiger partial charge in [0.05, 0.1) is 5.56 Å². The van der Waals surface area contributed by atoms with Crippen molar-refractivity contribution in [3.63, 3.8) is 0 Å². The molecule has 2 nitrogen and oxygen atoms in total. The third-order valence-electron chi connectivity index (χ3n) is 3.17. The van der Waals surface area contributed by atoms with Crippen molar-refractivity contribution in [3.05, 3.63) is 35.1 Å². The van der Waals surface area contributed by atoms with Gasteiger partial charge >= 0.3 is 6.18 Å². The monoisotopic (exact) mass is 274 g/mol. The average molecular weight is 274 g/mol. The van der Waals surface area contributed by atoms with Gasteiger partial charge in [-0.1, -0.05) is 0 Å². The molecule has 0 amide bonds. The first-order valence-electron chi connectivity index (χ1n) is 5.71. The molecule has 2 rings (SSSR count). The van der Waals surface area contributed by atoms with Crippen LogP contribution in [-0.2, 0) is 11.0 Å². The summed E-state index contributed by atoms with van der Waals surface area (Å²) in [4.78, 5) is 23.0. The molecule has 0 aliphatic heterocycles. The van der Waals surface area contributed by atoms with Crippen molar-refractivity contribution in [2.24, 2.45) is 5.92 Å². The van der Waals surface area contributed by atoms with E-state index in [1.807, 2.05) is 0 Å². The van der Waals surface area contributed by atoms with Crippen molar-refractivity contribution in [1.29, 1.82) is 0 Å². The zero-order valence-electron chi connectivity index (χ0n) is 9.76. The molecule has 0 N–H and O–H groups in total. The molecule has 0 bridgehead atoms. The molecule has 1 aromatic rings. The summed E-state index contributed by atoms with van der Waals surface area (Å²) in [5, 5.41) is 0. The van der Waals surface area contributed by atoms with Gasteiger partial charge in [0.15, 0.2) is 5.78 Å². The molecule has 0 saturated heterocycles. The summed E-state index contributed by atoms with van der Waals surface area (Å²) >= 11 is 0. The van der Waals surface area contributed by atoms with Crippen molar-refractivity contribution >= 4 is 11.6 Å². The van der Waals surface area contributed by atoms with Gasteiger partial charge in [0.2, 0.25) is 0 Å². The predicted molar refractivity (Wildman–Crippen MR) is 58.1 cm³/mol. The van der Waals surface area contributed by atoms with Gasteiger partial charge in [-0.05, 0) is 24.6 Å². The third kappa shape index (κ3) is 2.83. The van der Waals surface area contributed by atoms with Gasteiger partial charge in [-0.15, -0.1) is 0 Å². The molecule has 1 atom stereocenters. The van der Waals surface area contributed by atoms with E-state index in [1.54, 1.807) is 0 Å². The number of alkyl halides is 3. The van der Waals surface area contributed by atoms with Gasteiger partial charge in [0, 0.05) is 24.3 Å². The van der Waals surface area contributed by atoms with E-state index >= 15 is 0 Å². The van der Waals surface area contributed by atoms with Crippen LogP contribution in [0.4, 0.5) is 17.6 Å². The van der Waals surface area contributed by atoms with Crippen LogP contribution >= 0.6 is 0 Å². The second-order valence-electron chi connectivity index (χ2n) is 4.54. The minimum Gasteiger partial charge on any atom is -0.300 e. The van der Waals surface area contributed by atoms with Gasteiger partial charge in [-0.3, -0.25) is 9.59 Å². The van der Waals surface area contributed by atoms with Crippen LogP contribution in [0.15, 0.2) is 18.2 Å². The van der Waals surface area contributed by atoms with E-state index in [1.165, 1.54) is 0 Å². The molecule has 0 aromatic heterocycles. The Labute approximate surface area is 106 Å². The number of hydrogen-bond acceptors (Lipinski definition) is 2. The standard InChI is InChI=1S/C13H10F4O2/c14-11-4-2-8(6-10(11)13(15,16)17)12(19)7-1-3-9(18)5-7/h2,4,6-7H,1,3,5H2.